The third-order valence-electron chi connectivity index (χ3n) is 3.00. The van der Waals surface area contributed by atoms with Gasteiger partial charge in [0.1, 0.15) is 0 Å². The molecule has 0 aliphatic heterocycles. The number of hydrogen-bond donors (Lipinski definition) is 2. The highest BCUT2D eigenvalue weighted by atomic mass is 16.2. The molecular formula is C16H24N2O2. The topological polar surface area (TPSA) is 58.2 Å². The number of Topliss-reactive ketones (excluding diaryl/α,β-unsaturated/α-hetero) is 1. The Kier molecular flexibility index (Phi) is 7.58. The van der Waals surface area contributed by atoms with Crippen molar-refractivity contribution in [2.75, 3.05) is 19.6 Å². The zero-order chi connectivity index (χ0) is 14.8. The minimum Gasteiger partial charge on any atom is -0.355 e. The van der Waals surface area contributed by atoms with E-state index in [2.05, 4.69) is 17.6 Å². The number of amides is 1. The van der Waals surface area contributed by atoms with Crippen molar-refractivity contribution >= 4 is 11.7 Å². The number of carbonyl (C=O) groups is 2. The van der Waals surface area contributed by atoms with Gasteiger partial charge in [-0.05, 0) is 19.9 Å². The minimum absolute atomic E-state index is 0.0178. The Morgan fingerprint density at radius 1 is 1.00 bits per heavy atom. The number of rotatable bonds is 9. The largest absolute Gasteiger partial charge is 0.355 e. The van der Waals surface area contributed by atoms with Crippen molar-refractivity contribution in [1.29, 1.82) is 0 Å². The predicted molar refractivity (Wildman–Crippen MR) is 80.9 cm³/mol. The van der Waals surface area contributed by atoms with Gasteiger partial charge in [-0.1, -0.05) is 36.8 Å². The van der Waals surface area contributed by atoms with Crippen molar-refractivity contribution < 1.29 is 9.59 Å². The summed E-state index contributed by atoms with van der Waals surface area (Å²) in [5.41, 5.74) is 1.80. The number of nitrogens with one attached hydrogen (secondary N) is 2. The number of carbonyl (C=O) groups excluding carboxylic acids is 2. The van der Waals surface area contributed by atoms with E-state index < -0.39 is 0 Å². The molecule has 2 N–H and O–H groups in total. The van der Waals surface area contributed by atoms with Gasteiger partial charge in [0.05, 0.1) is 0 Å². The smallest absolute Gasteiger partial charge is 0.220 e. The van der Waals surface area contributed by atoms with Crippen molar-refractivity contribution in [2.24, 2.45) is 0 Å². The standard InChI is InChI=1S/C16H24N2O2/c1-3-10-17-11-12-18-16(20)9-8-15(19)14-6-4-13(2)5-7-14/h4-7,17H,3,8-12H2,1-2H3,(H,18,20). The second kappa shape index (κ2) is 9.26. The lowest BCUT2D eigenvalue weighted by Crippen LogP contribution is -2.32. The lowest BCUT2D eigenvalue weighted by atomic mass is 10.1. The molecule has 1 rings (SSSR count). The fourth-order valence-corrected chi connectivity index (χ4v) is 1.79. The van der Waals surface area contributed by atoms with Gasteiger partial charge in [0.25, 0.3) is 0 Å². The van der Waals surface area contributed by atoms with Crippen LogP contribution in [0.2, 0.25) is 0 Å². The van der Waals surface area contributed by atoms with Crippen LogP contribution in [0.15, 0.2) is 24.3 Å². The SMILES string of the molecule is CCCNCCNC(=O)CCC(=O)c1ccc(C)cc1. The first kappa shape index (κ1) is 16.4. The zero-order valence-electron chi connectivity index (χ0n) is 12.4. The molecule has 1 aromatic carbocycles. The average Bonchev–Trinajstić information content (AvgIpc) is 2.45. The molecule has 0 aliphatic rings. The predicted octanol–water partition coefficient (Wildman–Crippen LogP) is 2.07. The van der Waals surface area contributed by atoms with Crippen LogP contribution in [-0.4, -0.2) is 31.3 Å². The van der Waals surface area contributed by atoms with Crippen molar-refractivity contribution in [1.82, 2.24) is 10.6 Å². The molecule has 0 saturated carbocycles. The summed E-state index contributed by atoms with van der Waals surface area (Å²) in [6.07, 6.45) is 1.59. The van der Waals surface area contributed by atoms with Crippen LogP contribution in [0.4, 0.5) is 0 Å². The normalized spacial score (nSPS) is 10.3. The van der Waals surface area contributed by atoms with Crippen LogP contribution in [0, 0.1) is 6.92 Å². The van der Waals surface area contributed by atoms with E-state index in [-0.39, 0.29) is 24.5 Å². The minimum atomic E-state index is -0.0660. The van der Waals surface area contributed by atoms with Crippen molar-refractivity contribution in [3.63, 3.8) is 0 Å². The molecule has 0 aliphatic carbocycles. The lowest BCUT2D eigenvalue weighted by Gasteiger charge is -2.06. The Labute approximate surface area is 121 Å². The number of hydrogen-bond acceptors (Lipinski definition) is 3. The Morgan fingerprint density at radius 2 is 1.70 bits per heavy atom. The van der Waals surface area contributed by atoms with Crippen LogP contribution in [-0.2, 0) is 4.79 Å². The molecule has 0 spiro atoms. The third kappa shape index (κ3) is 6.48. The van der Waals surface area contributed by atoms with Gasteiger partial charge in [-0.3, -0.25) is 9.59 Å². The Bertz CT molecular complexity index is 427. The zero-order valence-corrected chi connectivity index (χ0v) is 12.4. The molecule has 0 heterocycles. The molecule has 4 heteroatoms. The van der Waals surface area contributed by atoms with E-state index in [1.807, 2.05) is 31.2 Å². The van der Waals surface area contributed by atoms with Gasteiger partial charge in [-0.15, -0.1) is 0 Å². The van der Waals surface area contributed by atoms with Gasteiger partial charge in [-0.2, -0.15) is 0 Å². The van der Waals surface area contributed by atoms with Crippen molar-refractivity contribution in [3.8, 4) is 0 Å². The first-order valence-corrected chi connectivity index (χ1v) is 7.20. The molecule has 110 valence electrons. The van der Waals surface area contributed by atoms with Gasteiger partial charge in [0, 0.05) is 31.5 Å². The van der Waals surface area contributed by atoms with E-state index in [0.29, 0.717) is 12.1 Å². The second-order valence-electron chi connectivity index (χ2n) is 4.89. The average molecular weight is 276 g/mol. The lowest BCUT2D eigenvalue weighted by molar-refractivity contribution is -0.121. The summed E-state index contributed by atoms with van der Waals surface area (Å²) < 4.78 is 0. The first-order valence-electron chi connectivity index (χ1n) is 7.20. The molecule has 4 nitrogen and oxygen atoms in total. The maximum Gasteiger partial charge on any atom is 0.220 e. The van der Waals surface area contributed by atoms with Gasteiger partial charge >= 0.3 is 0 Å². The summed E-state index contributed by atoms with van der Waals surface area (Å²) in [5.74, 6) is -0.0481. The third-order valence-corrected chi connectivity index (χ3v) is 3.00. The Morgan fingerprint density at radius 3 is 2.35 bits per heavy atom. The summed E-state index contributed by atoms with van der Waals surface area (Å²) in [7, 11) is 0. The van der Waals surface area contributed by atoms with Crippen molar-refractivity contribution in [3.05, 3.63) is 35.4 Å². The van der Waals surface area contributed by atoms with Crippen LogP contribution in [0.1, 0.15) is 42.1 Å². The molecule has 20 heavy (non-hydrogen) atoms. The summed E-state index contributed by atoms with van der Waals surface area (Å²) in [4.78, 5) is 23.5. The van der Waals surface area contributed by atoms with Gasteiger partial charge in [0.2, 0.25) is 5.91 Å². The Balaban J connectivity index is 2.20. The number of ketones is 1. The van der Waals surface area contributed by atoms with Gasteiger partial charge in [0.15, 0.2) is 5.78 Å². The fourth-order valence-electron chi connectivity index (χ4n) is 1.79. The molecule has 1 amide bonds. The molecule has 0 saturated heterocycles. The maximum atomic E-state index is 11.9. The molecule has 0 unspecified atom stereocenters. The summed E-state index contributed by atoms with van der Waals surface area (Å²) in [6.45, 7) is 6.42. The van der Waals surface area contributed by atoms with E-state index in [1.54, 1.807) is 0 Å². The van der Waals surface area contributed by atoms with Crippen LogP contribution < -0.4 is 10.6 Å². The maximum absolute atomic E-state index is 11.9. The van der Waals surface area contributed by atoms with Crippen LogP contribution in [0.3, 0.4) is 0 Å². The second-order valence-corrected chi connectivity index (χ2v) is 4.89. The van der Waals surface area contributed by atoms with E-state index in [4.69, 9.17) is 0 Å². The highest BCUT2D eigenvalue weighted by Crippen LogP contribution is 2.07. The monoisotopic (exact) mass is 276 g/mol. The molecule has 0 fully saturated rings. The number of benzene rings is 1. The summed E-state index contributed by atoms with van der Waals surface area (Å²) >= 11 is 0. The Hall–Kier alpha value is -1.68. The summed E-state index contributed by atoms with van der Waals surface area (Å²) in [6, 6.07) is 7.44. The van der Waals surface area contributed by atoms with E-state index in [0.717, 1.165) is 25.1 Å². The highest BCUT2D eigenvalue weighted by Gasteiger charge is 2.08. The van der Waals surface area contributed by atoms with Gasteiger partial charge < -0.3 is 10.6 Å². The molecule has 0 radical (unpaired) electrons. The first-order chi connectivity index (χ1) is 9.63. The molecule has 1 aromatic rings. The van der Waals surface area contributed by atoms with Crippen LogP contribution >= 0.6 is 0 Å². The van der Waals surface area contributed by atoms with Gasteiger partial charge in [-0.25, -0.2) is 0 Å². The van der Waals surface area contributed by atoms with E-state index >= 15 is 0 Å². The van der Waals surface area contributed by atoms with Crippen LogP contribution in [0.5, 0.6) is 0 Å². The fraction of sp³-hybridized carbons (Fsp3) is 0.500. The quantitative estimate of drug-likeness (QED) is 0.536. The van der Waals surface area contributed by atoms with Crippen LogP contribution in [0.25, 0.3) is 0 Å². The van der Waals surface area contributed by atoms with E-state index in [9.17, 15) is 9.59 Å². The molecule has 0 atom stereocenters. The number of aryl methyl sites for hydroxylation is 1. The van der Waals surface area contributed by atoms with E-state index in [1.165, 1.54) is 0 Å². The summed E-state index contributed by atoms with van der Waals surface area (Å²) in [5, 5.41) is 6.01. The highest BCUT2D eigenvalue weighted by molar-refractivity contribution is 5.97. The molecule has 0 aromatic heterocycles. The molecular weight excluding hydrogens is 252 g/mol. The van der Waals surface area contributed by atoms with Crippen molar-refractivity contribution in [2.45, 2.75) is 33.1 Å². The molecule has 0 bridgehead atoms.